The van der Waals surface area contributed by atoms with E-state index in [0.29, 0.717) is 0 Å². The van der Waals surface area contributed by atoms with Crippen LogP contribution >= 0.6 is 23.4 Å². The van der Waals surface area contributed by atoms with Crippen LogP contribution in [0.5, 0.6) is 5.75 Å². The highest BCUT2D eigenvalue weighted by Crippen LogP contribution is 2.34. The summed E-state index contributed by atoms with van der Waals surface area (Å²) in [5.74, 6) is -0.763. The summed E-state index contributed by atoms with van der Waals surface area (Å²) in [6.45, 7) is 0. The molecule has 1 aromatic carbocycles. The van der Waals surface area contributed by atoms with Gasteiger partial charge in [0.1, 0.15) is 11.6 Å². The molecule has 0 fully saturated rings. The van der Waals surface area contributed by atoms with Gasteiger partial charge in [0.05, 0.1) is 10.7 Å². The summed E-state index contributed by atoms with van der Waals surface area (Å²) >= 11 is 6.88. The Bertz CT molecular complexity index is 1060. The van der Waals surface area contributed by atoms with Crippen molar-refractivity contribution < 1.29 is 25.8 Å². The van der Waals surface area contributed by atoms with E-state index in [4.69, 9.17) is 16.9 Å². The summed E-state index contributed by atoms with van der Waals surface area (Å²) in [6, 6.07) is 4.70. The lowest BCUT2D eigenvalue weighted by atomic mass is 10.1. The van der Waals surface area contributed by atoms with E-state index in [1.165, 1.54) is 0 Å². The van der Waals surface area contributed by atoms with Crippen molar-refractivity contribution in [3.8, 4) is 23.1 Å². The van der Waals surface area contributed by atoms with E-state index >= 15 is 0 Å². The molecule has 138 valence electrons. The molecule has 2 rings (SSSR count). The highest BCUT2D eigenvalue weighted by atomic mass is 35.5. The second-order valence-corrected chi connectivity index (χ2v) is 7.28. The van der Waals surface area contributed by atoms with E-state index < -0.39 is 32.0 Å². The Morgan fingerprint density at radius 3 is 2.54 bits per heavy atom. The van der Waals surface area contributed by atoms with E-state index in [0.717, 1.165) is 30.0 Å². The van der Waals surface area contributed by atoms with Gasteiger partial charge in [0.15, 0.2) is 10.9 Å². The first-order valence-corrected chi connectivity index (χ1v) is 9.40. The largest absolute Gasteiger partial charge is 0.534 e. The van der Waals surface area contributed by atoms with E-state index in [-0.39, 0.29) is 22.0 Å². The first-order valence-electron chi connectivity index (χ1n) is 6.39. The molecule has 0 amide bonds. The van der Waals surface area contributed by atoms with Crippen molar-refractivity contribution in [2.45, 2.75) is 10.7 Å². The number of hydrogen-bond donors (Lipinski definition) is 1. The van der Waals surface area contributed by atoms with E-state index in [2.05, 4.69) is 14.2 Å². The molecule has 0 radical (unpaired) electrons. The average Bonchev–Trinajstić information content (AvgIpc) is 2.54. The Morgan fingerprint density at radius 1 is 1.38 bits per heavy atom. The van der Waals surface area contributed by atoms with Crippen LogP contribution in [-0.2, 0) is 10.1 Å². The van der Waals surface area contributed by atoms with E-state index in [1.54, 1.807) is 12.3 Å². The number of nitrogens with zero attached hydrogens (tertiary/aromatic N) is 2. The zero-order chi connectivity index (χ0) is 19.7. The second kappa shape index (κ2) is 7.18. The van der Waals surface area contributed by atoms with Gasteiger partial charge in [-0.25, -0.2) is 4.98 Å². The van der Waals surface area contributed by atoms with Gasteiger partial charge in [-0.05, 0) is 24.5 Å². The van der Waals surface area contributed by atoms with Crippen LogP contribution in [0.25, 0.3) is 11.3 Å². The third-order valence-corrected chi connectivity index (χ3v) is 4.73. The summed E-state index contributed by atoms with van der Waals surface area (Å²) in [4.78, 5) is 18.3. The molecule has 0 atom stereocenters. The second-order valence-electron chi connectivity index (χ2n) is 4.54. The Kier molecular flexibility index (Phi) is 5.55. The molecule has 0 saturated carbocycles. The molecule has 26 heavy (non-hydrogen) atoms. The molecule has 0 spiro atoms. The number of halogens is 4. The zero-order valence-corrected chi connectivity index (χ0v) is 15.0. The SMILES string of the molecule is CSc1nc(-c2ccc(OS(=O)(=O)C(F)(F)F)c(Cl)c2)c(C#N)c(=O)[nH]1. The standard InChI is InChI=1S/C13H7ClF3N3O4S2/c1-25-12-19-10(7(5-18)11(21)20-12)6-2-3-9(8(14)4-6)24-26(22,23)13(15,16)17/h2-4H,1H3,(H,19,20,21). The lowest BCUT2D eigenvalue weighted by molar-refractivity contribution is -0.0500. The molecular weight excluding hydrogens is 419 g/mol. The van der Waals surface area contributed by atoms with Gasteiger partial charge in [0.2, 0.25) is 0 Å². The number of hydrogen-bond acceptors (Lipinski definition) is 7. The first kappa shape index (κ1) is 20.1. The molecule has 7 nitrogen and oxygen atoms in total. The van der Waals surface area contributed by atoms with Crippen molar-refractivity contribution in [1.29, 1.82) is 5.26 Å². The molecule has 0 aliphatic rings. The highest BCUT2D eigenvalue weighted by molar-refractivity contribution is 7.98. The monoisotopic (exact) mass is 425 g/mol. The lowest BCUT2D eigenvalue weighted by Crippen LogP contribution is -2.28. The third kappa shape index (κ3) is 3.95. The summed E-state index contributed by atoms with van der Waals surface area (Å²) in [6.07, 6.45) is 1.63. The fourth-order valence-electron chi connectivity index (χ4n) is 1.74. The Labute approximate surface area is 153 Å². The molecule has 2 aromatic rings. The van der Waals surface area contributed by atoms with Gasteiger partial charge in [0, 0.05) is 5.56 Å². The van der Waals surface area contributed by atoms with Crippen LogP contribution < -0.4 is 9.74 Å². The number of benzene rings is 1. The van der Waals surface area contributed by atoms with Crippen molar-refractivity contribution in [3.63, 3.8) is 0 Å². The molecule has 1 aromatic heterocycles. The van der Waals surface area contributed by atoms with Crippen LogP contribution in [-0.4, -0.2) is 30.1 Å². The van der Waals surface area contributed by atoms with Gasteiger partial charge in [-0.1, -0.05) is 23.4 Å². The molecule has 1 heterocycles. The van der Waals surface area contributed by atoms with Gasteiger partial charge in [-0.15, -0.1) is 0 Å². The fraction of sp³-hybridized carbons (Fsp3) is 0.154. The van der Waals surface area contributed by atoms with E-state index in [9.17, 15) is 26.4 Å². The fourth-order valence-corrected chi connectivity index (χ4v) is 2.86. The van der Waals surface area contributed by atoms with Crippen molar-refractivity contribution in [2.75, 3.05) is 6.26 Å². The quantitative estimate of drug-likeness (QED) is 0.347. The van der Waals surface area contributed by atoms with Crippen LogP contribution in [0.15, 0.2) is 28.2 Å². The number of aromatic amines is 1. The first-order chi connectivity index (χ1) is 12.0. The van der Waals surface area contributed by atoms with Gasteiger partial charge in [0.25, 0.3) is 5.56 Å². The number of nitrogens with one attached hydrogen (secondary N) is 1. The maximum Gasteiger partial charge on any atom is 0.534 e. The maximum absolute atomic E-state index is 12.4. The number of H-pyrrole nitrogens is 1. The van der Waals surface area contributed by atoms with Gasteiger partial charge < -0.3 is 9.17 Å². The molecule has 0 unspecified atom stereocenters. The van der Waals surface area contributed by atoms with Crippen LogP contribution in [0.1, 0.15) is 5.56 Å². The summed E-state index contributed by atoms with van der Waals surface area (Å²) in [5.41, 5.74) is -6.62. The Morgan fingerprint density at radius 2 is 2.04 bits per heavy atom. The number of rotatable bonds is 4. The predicted molar refractivity (Wildman–Crippen MR) is 87.4 cm³/mol. The summed E-state index contributed by atoms with van der Waals surface area (Å²) in [7, 11) is -5.89. The molecule has 1 N–H and O–H groups in total. The number of nitriles is 1. The summed E-state index contributed by atoms with van der Waals surface area (Å²) < 4.78 is 63.2. The Balaban J connectivity index is 2.54. The molecule has 0 saturated heterocycles. The van der Waals surface area contributed by atoms with Crippen LogP contribution in [0, 0.1) is 11.3 Å². The van der Waals surface area contributed by atoms with Gasteiger partial charge >= 0.3 is 15.6 Å². The average molecular weight is 426 g/mol. The predicted octanol–water partition coefficient (Wildman–Crippen LogP) is 2.91. The topological polar surface area (TPSA) is 113 Å². The molecule has 0 bridgehead atoms. The zero-order valence-electron chi connectivity index (χ0n) is 12.6. The van der Waals surface area contributed by atoms with Crippen molar-refractivity contribution in [1.82, 2.24) is 9.97 Å². The number of thioether (sulfide) groups is 1. The van der Waals surface area contributed by atoms with Gasteiger partial charge in [-0.2, -0.15) is 26.9 Å². The van der Waals surface area contributed by atoms with Crippen LogP contribution in [0.2, 0.25) is 5.02 Å². The molecule has 0 aliphatic carbocycles. The number of aromatic nitrogens is 2. The summed E-state index contributed by atoms with van der Waals surface area (Å²) in [5, 5.41) is 8.83. The minimum atomic E-state index is -5.89. The number of alkyl halides is 3. The minimum Gasteiger partial charge on any atom is -0.374 e. The smallest absolute Gasteiger partial charge is 0.374 e. The van der Waals surface area contributed by atoms with Crippen molar-refractivity contribution in [2.24, 2.45) is 0 Å². The molecular formula is C13H7ClF3N3O4S2. The highest BCUT2D eigenvalue weighted by Gasteiger charge is 2.48. The van der Waals surface area contributed by atoms with E-state index in [1.807, 2.05) is 0 Å². The lowest BCUT2D eigenvalue weighted by Gasteiger charge is -2.11. The van der Waals surface area contributed by atoms with Crippen LogP contribution in [0.4, 0.5) is 13.2 Å². The van der Waals surface area contributed by atoms with Gasteiger partial charge in [-0.3, -0.25) is 4.79 Å². The van der Waals surface area contributed by atoms with Crippen LogP contribution in [0.3, 0.4) is 0 Å². The normalized spacial score (nSPS) is 11.8. The molecule has 13 heteroatoms. The molecule has 0 aliphatic heterocycles. The van der Waals surface area contributed by atoms with Crippen molar-refractivity contribution in [3.05, 3.63) is 39.1 Å². The minimum absolute atomic E-state index is 0.0623. The Hall–Kier alpha value is -2.23. The maximum atomic E-state index is 12.4. The third-order valence-electron chi connectivity index (χ3n) is 2.89. The van der Waals surface area contributed by atoms with Crippen molar-refractivity contribution >= 4 is 33.5 Å².